The van der Waals surface area contributed by atoms with Crippen LogP contribution in [0.4, 0.5) is 0 Å². The standard InChI is InChI=1S/C27H22ClNO/c1-19-5-2-3-7-21(19)12-16-27(30)23-8-4-6-20(17-23)9-14-25-15-11-22-10-13-24(28)18-26(22)29-25/h2-11,13-15,17-18H,12,16H2,1H3. The number of halogens is 1. The second kappa shape index (κ2) is 9.06. The molecule has 0 aliphatic carbocycles. The Kier molecular flexibility index (Phi) is 6.06. The normalized spacial score (nSPS) is 11.3. The smallest absolute Gasteiger partial charge is 0.163 e. The van der Waals surface area contributed by atoms with Crippen LogP contribution in [0.1, 0.15) is 39.2 Å². The van der Waals surface area contributed by atoms with Crippen LogP contribution >= 0.6 is 11.6 Å². The summed E-state index contributed by atoms with van der Waals surface area (Å²) in [7, 11) is 0. The molecule has 1 heterocycles. The molecule has 0 radical (unpaired) electrons. The molecular formula is C27H22ClNO. The van der Waals surface area contributed by atoms with Gasteiger partial charge in [0.15, 0.2) is 5.78 Å². The first-order chi connectivity index (χ1) is 14.6. The number of rotatable bonds is 6. The minimum atomic E-state index is 0.159. The van der Waals surface area contributed by atoms with Gasteiger partial charge in [-0.1, -0.05) is 72.3 Å². The number of fused-ring (bicyclic) bond motifs is 1. The van der Waals surface area contributed by atoms with Gasteiger partial charge in [-0.15, -0.1) is 0 Å². The predicted octanol–water partition coefficient (Wildman–Crippen LogP) is 7.18. The first-order valence-electron chi connectivity index (χ1n) is 10.0. The summed E-state index contributed by atoms with van der Waals surface area (Å²) in [6, 6.07) is 25.7. The predicted molar refractivity (Wildman–Crippen MR) is 126 cm³/mol. The van der Waals surface area contributed by atoms with Crippen molar-refractivity contribution < 1.29 is 4.79 Å². The van der Waals surface area contributed by atoms with Crippen LogP contribution in [0.5, 0.6) is 0 Å². The van der Waals surface area contributed by atoms with E-state index in [9.17, 15) is 4.79 Å². The first-order valence-corrected chi connectivity index (χ1v) is 10.4. The highest BCUT2D eigenvalue weighted by molar-refractivity contribution is 6.31. The van der Waals surface area contributed by atoms with Gasteiger partial charge in [0.1, 0.15) is 0 Å². The molecule has 0 unspecified atom stereocenters. The molecule has 30 heavy (non-hydrogen) atoms. The highest BCUT2D eigenvalue weighted by Gasteiger charge is 2.07. The highest BCUT2D eigenvalue weighted by atomic mass is 35.5. The maximum atomic E-state index is 12.7. The molecule has 1 aromatic heterocycles. The number of aryl methyl sites for hydroxylation is 2. The molecule has 0 atom stereocenters. The van der Waals surface area contributed by atoms with Crippen molar-refractivity contribution in [1.82, 2.24) is 4.98 Å². The number of nitrogens with zero attached hydrogens (tertiary/aromatic N) is 1. The number of aromatic nitrogens is 1. The molecule has 0 bridgehead atoms. The molecule has 3 heteroatoms. The fraction of sp³-hybridized carbons (Fsp3) is 0.111. The lowest BCUT2D eigenvalue weighted by Crippen LogP contribution is -2.02. The van der Waals surface area contributed by atoms with Gasteiger partial charge in [-0.05, 0) is 60.4 Å². The number of pyridine rings is 1. The summed E-state index contributed by atoms with van der Waals surface area (Å²) in [6.07, 6.45) is 5.20. The van der Waals surface area contributed by atoms with Gasteiger partial charge in [0, 0.05) is 22.4 Å². The molecule has 0 aliphatic heterocycles. The van der Waals surface area contributed by atoms with E-state index in [2.05, 4.69) is 24.0 Å². The molecule has 0 saturated heterocycles. The molecule has 4 aromatic rings. The van der Waals surface area contributed by atoms with Gasteiger partial charge in [-0.25, -0.2) is 4.98 Å². The Balaban J connectivity index is 1.47. The van der Waals surface area contributed by atoms with Gasteiger partial charge < -0.3 is 0 Å². The van der Waals surface area contributed by atoms with Crippen LogP contribution in [-0.4, -0.2) is 10.8 Å². The summed E-state index contributed by atoms with van der Waals surface area (Å²) in [5.41, 5.74) is 5.88. The second-order valence-corrected chi connectivity index (χ2v) is 7.82. The maximum Gasteiger partial charge on any atom is 0.163 e. The third-order valence-corrected chi connectivity index (χ3v) is 5.45. The van der Waals surface area contributed by atoms with Crippen molar-refractivity contribution in [2.75, 3.05) is 0 Å². The Morgan fingerprint density at radius 1 is 0.933 bits per heavy atom. The minimum absolute atomic E-state index is 0.159. The number of ketones is 1. The van der Waals surface area contributed by atoms with E-state index in [1.165, 1.54) is 11.1 Å². The van der Waals surface area contributed by atoms with Crippen molar-refractivity contribution in [2.24, 2.45) is 0 Å². The largest absolute Gasteiger partial charge is 0.294 e. The molecule has 0 fully saturated rings. The van der Waals surface area contributed by atoms with Crippen molar-refractivity contribution in [2.45, 2.75) is 19.8 Å². The van der Waals surface area contributed by atoms with Gasteiger partial charge in [0.05, 0.1) is 11.2 Å². The van der Waals surface area contributed by atoms with E-state index >= 15 is 0 Å². The van der Waals surface area contributed by atoms with Crippen LogP contribution in [0.3, 0.4) is 0 Å². The van der Waals surface area contributed by atoms with E-state index in [0.29, 0.717) is 11.4 Å². The summed E-state index contributed by atoms with van der Waals surface area (Å²) < 4.78 is 0. The minimum Gasteiger partial charge on any atom is -0.294 e. The van der Waals surface area contributed by atoms with Gasteiger partial charge in [-0.2, -0.15) is 0 Å². The average molecular weight is 412 g/mol. The summed E-state index contributed by atoms with van der Waals surface area (Å²) in [5, 5.41) is 1.73. The topological polar surface area (TPSA) is 30.0 Å². The van der Waals surface area contributed by atoms with Crippen molar-refractivity contribution in [3.05, 3.63) is 112 Å². The van der Waals surface area contributed by atoms with Crippen LogP contribution in [0.15, 0.2) is 78.9 Å². The summed E-state index contributed by atoms with van der Waals surface area (Å²) in [6.45, 7) is 2.08. The zero-order valence-corrected chi connectivity index (χ0v) is 17.6. The zero-order valence-electron chi connectivity index (χ0n) is 16.8. The maximum absolute atomic E-state index is 12.7. The number of Topliss-reactive ketones (excluding diaryl/α,β-unsaturated/α-hetero) is 1. The SMILES string of the molecule is Cc1ccccc1CCC(=O)c1cccc(C=Cc2ccc3ccc(Cl)cc3n2)c1. The lowest BCUT2D eigenvalue weighted by atomic mass is 9.99. The molecule has 0 amide bonds. The Hall–Kier alpha value is -3.23. The average Bonchev–Trinajstić information content (AvgIpc) is 2.77. The second-order valence-electron chi connectivity index (χ2n) is 7.38. The van der Waals surface area contributed by atoms with Crippen LogP contribution in [0, 0.1) is 6.92 Å². The van der Waals surface area contributed by atoms with E-state index in [-0.39, 0.29) is 5.78 Å². The van der Waals surface area contributed by atoms with Gasteiger partial charge in [-0.3, -0.25) is 4.79 Å². The van der Waals surface area contributed by atoms with Crippen LogP contribution in [-0.2, 0) is 6.42 Å². The Bertz CT molecular complexity index is 1240. The van der Waals surface area contributed by atoms with E-state index in [0.717, 1.165) is 34.1 Å². The van der Waals surface area contributed by atoms with Gasteiger partial charge in [0.25, 0.3) is 0 Å². The lowest BCUT2D eigenvalue weighted by Gasteiger charge is -2.06. The fourth-order valence-corrected chi connectivity index (χ4v) is 3.65. The molecule has 0 aliphatic rings. The van der Waals surface area contributed by atoms with Gasteiger partial charge in [0.2, 0.25) is 0 Å². The number of hydrogen-bond acceptors (Lipinski definition) is 2. The Labute approximate surface area is 181 Å². The van der Waals surface area contributed by atoms with Crippen molar-refractivity contribution in [1.29, 1.82) is 0 Å². The summed E-state index contributed by atoms with van der Waals surface area (Å²) in [5.74, 6) is 0.159. The third-order valence-electron chi connectivity index (χ3n) is 5.21. The Morgan fingerprint density at radius 2 is 1.77 bits per heavy atom. The molecular weight excluding hydrogens is 390 g/mol. The van der Waals surface area contributed by atoms with Crippen LogP contribution < -0.4 is 0 Å². The molecule has 0 N–H and O–H groups in total. The molecule has 0 saturated carbocycles. The van der Waals surface area contributed by atoms with Crippen molar-refractivity contribution >= 4 is 40.4 Å². The van der Waals surface area contributed by atoms with E-state index in [4.69, 9.17) is 11.6 Å². The van der Waals surface area contributed by atoms with Crippen molar-refractivity contribution in [3.8, 4) is 0 Å². The fourth-order valence-electron chi connectivity index (χ4n) is 3.48. The number of hydrogen-bond donors (Lipinski definition) is 0. The highest BCUT2D eigenvalue weighted by Crippen LogP contribution is 2.19. The lowest BCUT2D eigenvalue weighted by molar-refractivity contribution is 0.0983. The Morgan fingerprint density at radius 3 is 2.63 bits per heavy atom. The molecule has 4 rings (SSSR count). The molecule has 2 nitrogen and oxygen atoms in total. The molecule has 3 aromatic carbocycles. The van der Waals surface area contributed by atoms with Crippen LogP contribution in [0.25, 0.3) is 23.1 Å². The van der Waals surface area contributed by atoms with Crippen LogP contribution in [0.2, 0.25) is 5.02 Å². The molecule has 148 valence electrons. The summed E-state index contributed by atoms with van der Waals surface area (Å²) in [4.78, 5) is 17.3. The number of carbonyl (C=O) groups excluding carboxylic acids is 1. The third kappa shape index (κ3) is 4.84. The van der Waals surface area contributed by atoms with Gasteiger partial charge >= 0.3 is 0 Å². The van der Waals surface area contributed by atoms with E-state index in [1.54, 1.807) is 0 Å². The monoisotopic (exact) mass is 411 g/mol. The first kappa shape index (κ1) is 20.1. The van der Waals surface area contributed by atoms with E-state index in [1.807, 2.05) is 78.9 Å². The number of benzene rings is 3. The quantitative estimate of drug-likeness (QED) is 0.314. The summed E-state index contributed by atoms with van der Waals surface area (Å²) >= 11 is 6.07. The van der Waals surface area contributed by atoms with Crippen molar-refractivity contribution in [3.63, 3.8) is 0 Å². The number of carbonyl (C=O) groups is 1. The molecule has 0 spiro atoms. The zero-order chi connectivity index (χ0) is 20.9. The van der Waals surface area contributed by atoms with E-state index < -0.39 is 0 Å².